The monoisotopic (exact) mass is 269 g/mol. The van der Waals surface area contributed by atoms with Crippen molar-refractivity contribution in [2.24, 2.45) is 5.92 Å². The van der Waals surface area contributed by atoms with Crippen molar-refractivity contribution >= 4 is 0 Å². The van der Waals surface area contributed by atoms with Crippen LogP contribution in [-0.2, 0) is 6.42 Å². The molecule has 4 nitrogen and oxygen atoms in total. The Labute approximate surface area is 118 Å². The lowest BCUT2D eigenvalue weighted by molar-refractivity contribution is 0.335. The topological polar surface area (TPSA) is 51.0 Å². The summed E-state index contributed by atoms with van der Waals surface area (Å²) < 4.78 is 5.55. The second kappa shape index (κ2) is 4.70. The van der Waals surface area contributed by atoms with Gasteiger partial charge in [0.15, 0.2) is 5.82 Å². The van der Waals surface area contributed by atoms with E-state index in [4.69, 9.17) is 9.51 Å². The van der Waals surface area contributed by atoms with E-state index in [0.29, 0.717) is 17.8 Å². The maximum atomic E-state index is 5.55. The number of nitrogens with zero attached hydrogens (tertiary/aromatic N) is 2. The Bertz CT molecular complexity index is 622. The summed E-state index contributed by atoms with van der Waals surface area (Å²) in [6.45, 7) is 4.22. The molecule has 1 saturated heterocycles. The first-order valence-corrected chi connectivity index (χ1v) is 7.45. The molecule has 20 heavy (non-hydrogen) atoms. The van der Waals surface area contributed by atoms with E-state index in [1.807, 2.05) is 0 Å². The summed E-state index contributed by atoms with van der Waals surface area (Å²) in [5.74, 6) is 2.92. The number of nitrogens with one attached hydrogen (secondary N) is 1. The summed E-state index contributed by atoms with van der Waals surface area (Å²) in [6.07, 6.45) is 2.21. The van der Waals surface area contributed by atoms with Crippen molar-refractivity contribution in [3.63, 3.8) is 0 Å². The number of aromatic nitrogens is 2. The van der Waals surface area contributed by atoms with Crippen molar-refractivity contribution in [3.05, 3.63) is 47.1 Å². The molecule has 0 bridgehead atoms. The Morgan fingerprint density at radius 1 is 1.25 bits per heavy atom. The Morgan fingerprint density at radius 2 is 2.15 bits per heavy atom. The van der Waals surface area contributed by atoms with Gasteiger partial charge in [0.05, 0.1) is 5.92 Å². The molecule has 2 heterocycles. The third kappa shape index (κ3) is 1.86. The molecule has 0 radical (unpaired) electrons. The highest BCUT2D eigenvalue weighted by Gasteiger charge is 2.32. The van der Waals surface area contributed by atoms with Crippen LogP contribution in [0, 0.1) is 5.92 Å². The van der Waals surface area contributed by atoms with Crippen LogP contribution >= 0.6 is 0 Å². The van der Waals surface area contributed by atoms with E-state index < -0.39 is 0 Å². The van der Waals surface area contributed by atoms with Crippen molar-refractivity contribution in [1.29, 1.82) is 0 Å². The third-order valence-electron chi connectivity index (χ3n) is 4.74. The molecule has 4 rings (SSSR count). The molecule has 2 aromatic rings. The molecule has 0 spiro atoms. The molecule has 1 aromatic heterocycles. The van der Waals surface area contributed by atoms with E-state index >= 15 is 0 Å². The van der Waals surface area contributed by atoms with E-state index in [1.165, 1.54) is 11.1 Å². The third-order valence-corrected chi connectivity index (χ3v) is 4.74. The fraction of sp³-hybridized carbons (Fsp3) is 0.500. The van der Waals surface area contributed by atoms with Gasteiger partial charge in [0.2, 0.25) is 5.89 Å². The summed E-state index contributed by atoms with van der Waals surface area (Å²) in [7, 11) is 0. The molecule has 0 saturated carbocycles. The SMILES string of the molecule is CC1CNCC1c1nc(C2CCc3ccccc32)no1. The van der Waals surface area contributed by atoms with Crippen LogP contribution in [0.15, 0.2) is 28.8 Å². The minimum atomic E-state index is 0.313. The number of aryl methyl sites for hydroxylation is 1. The lowest BCUT2D eigenvalue weighted by Crippen LogP contribution is -2.08. The molecule has 1 aliphatic heterocycles. The van der Waals surface area contributed by atoms with Gasteiger partial charge in [0.1, 0.15) is 0 Å². The van der Waals surface area contributed by atoms with Gasteiger partial charge in [-0.25, -0.2) is 0 Å². The van der Waals surface area contributed by atoms with Gasteiger partial charge in [0.25, 0.3) is 0 Å². The highest BCUT2D eigenvalue weighted by molar-refractivity contribution is 5.38. The first-order valence-electron chi connectivity index (χ1n) is 7.45. The Kier molecular flexibility index (Phi) is 2.84. The highest BCUT2D eigenvalue weighted by atomic mass is 16.5. The zero-order valence-electron chi connectivity index (χ0n) is 11.7. The number of benzene rings is 1. The summed E-state index contributed by atoms with van der Waals surface area (Å²) in [4.78, 5) is 4.71. The van der Waals surface area contributed by atoms with E-state index in [-0.39, 0.29) is 0 Å². The van der Waals surface area contributed by atoms with Crippen LogP contribution in [0.1, 0.15) is 48.0 Å². The van der Waals surface area contributed by atoms with Crippen molar-refractivity contribution in [2.45, 2.75) is 31.6 Å². The molecule has 0 amide bonds. The van der Waals surface area contributed by atoms with E-state index in [1.54, 1.807) is 0 Å². The van der Waals surface area contributed by atoms with Crippen LogP contribution in [-0.4, -0.2) is 23.2 Å². The largest absolute Gasteiger partial charge is 0.339 e. The molecule has 1 aromatic carbocycles. The maximum absolute atomic E-state index is 5.55. The Hall–Kier alpha value is -1.68. The van der Waals surface area contributed by atoms with E-state index in [0.717, 1.165) is 37.6 Å². The molecule has 2 aliphatic rings. The zero-order valence-corrected chi connectivity index (χ0v) is 11.7. The summed E-state index contributed by atoms with van der Waals surface area (Å²) >= 11 is 0. The average Bonchev–Trinajstić information content (AvgIpc) is 3.15. The lowest BCUT2D eigenvalue weighted by atomic mass is 9.98. The van der Waals surface area contributed by atoms with Crippen molar-refractivity contribution in [3.8, 4) is 0 Å². The Balaban J connectivity index is 1.63. The second-order valence-corrected chi connectivity index (χ2v) is 6.02. The lowest BCUT2D eigenvalue weighted by Gasteiger charge is -2.08. The normalized spacial score (nSPS) is 28.8. The molecular weight excluding hydrogens is 250 g/mol. The molecular formula is C16H19N3O. The molecule has 4 heteroatoms. The van der Waals surface area contributed by atoms with E-state index in [2.05, 4.69) is 41.7 Å². The zero-order chi connectivity index (χ0) is 13.5. The van der Waals surface area contributed by atoms with Gasteiger partial charge in [-0.2, -0.15) is 4.98 Å². The van der Waals surface area contributed by atoms with Crippen LogP contribution in [0.2, 0.25) is 0 Å². The quantitative estimate of drug-likeness (QED) is 0.910. The average molecular weight is 269 g/mol. The van der Waals surface area contributed by atoms with Crippen LogP contribution in [0.3, 0.4) is 0 Å². The van der Waals surface area contributed by atoms with E-state index in [9.17, 15) is 0 Å². The number of hydrogen-bond acceptors (Lipinski definition) is 4. The summed E-state index contributed by atoms with van der Waals surface area (Å²) in [5.41, 5.74) is 2.80. The molecule has 3 unspecified atom stereocenters. The first-order chi connectivity index (χ1) is 9.83. The summed E-state index contributed by atoms with van der Waals surface area (Å²) in [6, 6.07) is 8.61. The molecule has 1 N–H and O–H groups in total. The van der Waals surface area contributed by atoms with Gasteiger partial charge in [0, 0.05) is 12.5 Å². The predicted molar refractivity (Wildman–Crippen MR) is 75.7 cm³/mol. The fourth-order valence-electron chi connectivity index (χ4n) is 3.51. The second-order valence-electron chi connectivity index (χ2n) is 6.02. The number of fused-ring (bicyclic) bond motifs is 1. The van der Waals surface area contributed by atoms with Gasteiger partial charge in [-0.3, -0.25) is 0 Å². The van der Waals surface area contributed by atoms with Crippen LogP contribution < -0.4 is 5.32 Å². The minimum absolute atomic E-state index is 0.313. The van der Waals surface area contributed by atoms with Gasteiger partial charge < -0.3 is 9.84 Å². The highest BCUT2D eigenvalue weighted by Crippen LogP contribution is 2.37. The minimum Gasteiger partial charge on any atom is -0.339 e. The van der Waals surface area contributed by atoms with Crippen molar-refractivity contribution < 1.29 is 4.52 Å². The van der Waals surface area contributed by atoms with Crippen LogP contribution in [0.4, 0.5) is 0 Å². The fourth-order valence-corrected chi connectivity index (χ4v) is 3.51. The smallest absolute Gasteiger partial charge is 0.231 e. The van der Waals surface area contributed by atoms with Gasteiger partial charge in [-0.1, -0.05) is 36.3 Å². The van der Waals surface area contributed by atoms with Gasteiger partial charge >= 0.3 is 0 Å². The molecule has 1 fully saturated rings. The van der Waals surface area contributed by atoms with Crippen molar-refractivity contribution in [2.75, 3.05) is 13.1 Å². The van der Waals surface area contributed by atoms with Gasteiger partial charge in [-0.15, -0.1) is 0 Å². The Morgan fingerprint density at radius 3 is 3.00 bits per heavy atom. The van der Waals surface area contributed by atoms with Crippen molar-refractivity contribution in [1.82, 2.24) is 15.5 Å². The maximum Gasteiger partial charge on any atom is 0.231 e. The molecule has 104 valence electrons. The molecule has 1 aliphatic carbocycles. The summed E-state index contributed by atoms with van der Waals surface area (Å²) in [5, 5.41) is 7.65. The van der Waals surface area contributed by atoms with Crippen LogP contribution in [0.5, 0.6) is 0 Å². The van der Waals surface area contributed by atoms with Crippen LogP contribution in [0.25, 0.3) is 0 Å². The number of rotatable bonds is 2. The van der Waals surface area contributed by atoms with Gasteiger partial charge in [-0.05, 0) is 36.4 Å². The molecule has 3 atom stereocenters. The standard InChI is InChI=1S/C16H19N3O/c1-10-8-17-9-14(10)16-18-15(19-20-16)13-7-6-11-4-2-3-5-12(11)13/h2-5,10,13-14,17H,6-9H2,1H3. The number of hydrogen-bond donors (Lipinski definition) is 1. The predicted octanol–water partition coefficient (Wildman–Crippen LogP) is 2.47. The first kappa shape index (κ1) is 12.1.